The lowest BCUT2D eigenvalue weighted by Gasteiger charge is -2.20. The van der Waals surface area contributed by atoms with Gasteiger partial charge in [-0.05, 0) is 30.7 Å². The first-order valence-electron chi connectivity index (χ1n) is 5.42. The third-order valence-electron chi connectivity index (χ3n) is 3.00. The van der Waals surface area contributed by atoms with E-state index in [4.69, 9.17) is 5.11 Å². The standard InChI is InChI=1S/C11H14N2O4S/c1-8-7-9(11(14)15)3-4-10(8)13-6-5-12(2)18(13,16)17/h3-4,7H,5-6H2,1-2H3,(H,14,15). The molecule has 2 rings (SSSR count). The minimum Gasteiger partial charge on any atom is -0.478 e. The van der Waals surface area contributed by atoms with Crippen molar-refractivity contribution >= 4 is 21.9 Å². The molecule has 0 aliphatic carbocycles. The van der Waals surface area contributed by atoms with Crippen LogP contribution in [-0.2, 0) is 10.2 Å². The highest BCUT2D eigenvalue weighted by atomic mass is 32.2. The van der Waals surface area contributed by atoms with Crippen molar-refractivity contribution in [3.05, 3.63) is 29.3 Å². The van der Waals surface area contributed by atoms with Crippen molar-refractivity contribution in [1.82, 2.24) is 4.31 Å². The number of hydrogen-bond acceptors (Lipinski definition) is 3. The molecule has 0 amide bonds. The SMILES string of the molecule is Cc1cc(C(=O)O)ccc1N1CCN(C)S1(=O)=O. The highest BCUT2D eigenvalue weighted by Gasteiger charge is 2.34. The zero-order chi connectivity index (χ0) is 13.5. The van der Waals surface area contributed by atoms with Crippen molar-refractivity contribution in [2.45, 2.75) is 6.92 Å². The second kappa shape index (κ2) is 4.25. The van der Waals surface area contributed by atoms with E-state index in [1.54, 1.807) is 6.92 Å². The number of rotatable bonds is 2. The van der Waals surface area contributed by atoms with E-state index < -0.39 is 16.2 Å². The number of hydrogen-bond donors (Lipinski definition) is 1. The van der Waals surface area contributed by atoms with Crippen LogP contribution in [0.5, 0.6) is 0 Å². The third kappa shape index (κ3) is 1.95. The fourth-order valence-electron chi connectivity index (χ4n) is 1.94. The molecular weight excluding hydrogens is 256 g/mol. The van der Waals surface area contributed by atoms with Crippen LogP contribution in [0.25, 0.3) is 0 Å². The zero-order valence-electron chi connectivity index (χ0n) is 10.1. The Morgan fingerprint density at radius 2 is 2.00 bits per heavy atom. The highest BCUT2D eigenvalue weighted by Crippen LogP contribution is 2.28. The summed E-state index contributed by atoms with van der Waals surface area (Å²) < 4.78 is 26.6. The molecule has 1 heterocycles. The second-order valence-electron chi connectivity index (χ2n) is 4.21. The Bertz CT molecular complexity index is 597. The quantitative estimate of drug-likeness (QED) is 0.857. The molecule has 1 N–H and O–H groups in total. The fourth-order valence-corrected chi connectivity index (χ4v) is 3.36. The number of carboxylic acid groups (broad SMARTS) is 1. The molecule has 1 aromatic rings. The lowest BCUT2D eigenvalue weighted by Crippen LogP contribution is -2.31. The molecule has 6 nitrogen and oxygen atoms in total. The van der Waals surface area contributed by atoms with Crippen LogP contribution < -0.4 is 4.31 Å². The zero-order valence-corrected chi connectivity index (χ0v) is 10.9. The van der Waals surface area contributed by atoms with Gasteiger partial charge in [0.15, 0.2) is 0 Å². The topological polar surface area (TPSA) is 77.9 Å². The van der Waals surface area contributed by atoms with Crippen LogP contribution in [0.3, 0.4) is 0 Å². The number of benzene rings is 1. The Morgan fingerprint density at radius 3 is 2.44 bits per heavy atom. The smallest absolute Gasteiger partial charge is 0.335 e. The van der Waals surface area contributed by atoms with E-state index in [2.05, 4.69) is 0 Å². The van der Waals surface area contributed by atoms with E-state index in [0.717, 1.165) is 0 Å². The molecular formula is C11H14N2O4S. The molecule has 0 unspecified atom stereocenters. The van der Waals surface area contributed by atoms with Crippen LogP contribution >= 0.6 is 0 Å². The average molecular weight is 270 g/mol. The number of aryl methyl sites for hydroxylation is 1. The molecule has 1 aliphatic rings. The summed E-state index contributed by atoms with van der Waals surface area (Å²) in [6.45, 7) is 2.52. The summed E-state index contributed by atoms with van der Waals surface area (Å²) in [5.41, 5.74) is 1.32. The first-order chi connectivity index (χ1) is 8.34. The summed E-state index contributed by atoms with van der Waals surface area (Å²) in [6, 6.07) is 4.43. The molecule has 0 atom stereocenters. The van der Waals surface area contributed by atoms with Crippen molar-refractivity contribution in [3.8, 4) is 0 Å². The largest absolute Gasteiger partial charge is 0.478 e. The van der Waals surface area contributed by atoms with Crippen LogP contribution in [-0.4, -0.2) is 43.9 Å². The van der Waals surface area contributed by atoms with Gasteiger partial charge in [0.2, 0.25) is 0 Å². The number of anilines is 1. The molecule has 0 bridgehead atoms. The Balaban J connectivity index is 2.45. The lowest BCUT2D eigenvalue weighted by atomic mass is 10.1. The first kappa shape index (κ1) is 12.8. The molecule has 0 aromatic heterocycles. The molecule has 0 spiro atoms. The number of carboxylic acids is 1. The minimum absolute atomic E-state index is 0.154. The van der Waals surface area contributed by atoms with E-state index in [1.807, 2.05) is 0 Å². The van der Waals surface area contributed by atoms with Gasteiger partial charge >= 0.3 is 16.2 Å². The Morgan fingerprint density at radius 1 is 1.33 bits per heavy atom. The Kier molecular flexibility index (Phi) is 3.04. The fraction of sp³-hybridized carbons (Fsp3) is 0.364. The van der Waals surface area contributed by atoms with Crippen molar-refractivity contribution in [2.75, 3.05) is 24.4 Å². The number of likely N-dealkylation sites (N-methyl/N-ethyl adjacent to an activating group) is 1. The predicted octanol–water partition coefficient (Wildman–Crippen LogP) is 0.690. The van der Waals surface area contributed by atoms with Gasteiger partial charge in [-0.3, -0.25) is 4.31 Å². The third-order valence-corrected chi connectivity index (χ3v) is 4.91. The van der Waals surface area contributed by atoms with Crippen LogP contribution in [0.15, 0.2) is 18.2 Å². The van der Waals surface area contributed by atoms with Gasteiger partial charge in [-0.15, -0.1) is 0 Å². The summed E-state index contributed by atoms with van der Waals surface area (Å²) in [4.78, 5) is 10.8. The maximum absolute atomic E-state index is 12.0. The molecule has 0 radical (unpaired) electrons. The van der Waals surface area contributed by atoms with Gasteiger partial charge < -0.3 is 5.11 Å². The van der Waals surface area contributed by atoms with Gasteiger partial charge in [0, 0.05) is 20.1 Å². The van der Waals surface area contributed by atoms with Crippen molar-refractivity contribution in [1.29, 1.82) is 0 Å². The summed E-state index contributed by atoms with van der Waals surface area (Å²) in [6.07, 6.45) is 0. The molecule has 98 valence electrons. The van der Waals surface area contributed by atoms with Crippen LogP contribution in [0.1, 0.15) is 15.9 Å². The van der Waals surface area contributed by atoms with Crippen molar-refractivity contribution < 1.29 is 18.3 Å². The first-order valence-corrected chi connectivity index (χ1v) is 6.81. The van der Waals surface area contributed by atoms with E-state index >= 15 is 0 Å². The second-order valence-corrected chi connectivity index (χ2v) is 6.17. The molecule has 1 fully saturated rings. The van der Waals surface area contributed by atoms with E-state index in [-0.39, 0.29) is 5.56 Å². The molecule has 1 aliphatic heterocycles. The summed E-state index contributed by atoms with van der Waals surface area (Å²) >= 11 is 0. The van der Waals surface area contributed by atoms with Crippen LogP contribution in [0.4, 0.5) is 5.69 Å². The monoisotopic (exact) mass is 270 g/mol. The van der Waals surface area contributed by atoms with Gasteiger partial charge in [0.25, 0.3) is 0 Å². The molecule has 1 saturated heterocycles. The van der Waals surface area contributed by atoms with Crippen LogP contribution in [0.2, 0.25) is 0 Å². The average Bonchev–Trinajstić information content (AvgIpc) is 2.54. The van der Waals surface area contributed by atoms with Gasteiger partial charge in [-0.1, -0.05) is 0 Å². The Labute approximate surface area is 106 Å². The minimum atomic E-state index is -3.46. The normalized spacial score (nSPS) is 19.1. The van der Waals surface area contributed by atoms with Gasteiger partial charge in [0.05, 0.1) is 11.3 Å². The van der Waals surface area contributed by atoms with Gasteiger partial charge in [0.1, 0.15) is 0 Å². The number of nitrogens with zero attached hydrogens (tertiary/aromatic N) is 2. The summed E-state index contributed by atoms with van der Waals surface area (Å²) in [5, 5.41) is 8.87. The number of carbonyl (C=O) groups is 1. The lowest BCUT2D eigenvalue weighted by molar-refractivity contribution is 0.0697. The van der Waals surface area contributed by atoms with E-state index in [0.29, 0.717) is 24.3 Å². The van der Waals surface area contributed by atoms with Gasteiger partial charge in [-0.25, -0.2) is 4.79 Å². The Hall–Kier alpha value is -1.60. The number of aromatic carboxylic acids is 1. The van der Waals surface area contributed by atoms with Crippen molar-refractivity contribution in [3.63, 3.8) is 0 Å². The maximum atomic E-state index is 12.0. The highest BCUT2D eigenvalue weighted by molar-refractivity contribution is 7.90. The summed E-state index contributed by atoms with van der Waals surface area (Å²) in [5.74, 6) is -1.02. The van der Waals surface area contributed by atoms with Crippen LogP contribution in [0, 0.1) is 6.92 Å². The molecule has 18 heavy (non-hydrogen) atoms. The molecule has 7 heteroatoms. The molecule has 1 aromatic carbocycles. The molecule has 0 saturated carbocycles. The van der Waals surface area contributed by atoms with Gasteiger partial charge in [-0.2, -0.15) is 12.7 Å². The van der Waals surface area contributed by atoms with E-state index in [1.165, 1.54) is 33.9 Å². The maximum Gasteiger partial charge on any atom is 0.335 e. The predicted molar refractivity (Wildman–Crippen MR) is 67.0 cm³/mol. The van der Waals surface area contributed by atoms with E-state index in [9.17, 15) is 13.2 Å². The van der Waals surface area contributed by atoms with Crippen molar-refractivity contribution in [2.24, 2.45) is 0 Å². The summed E-state index contributed by atoms with van der Waals surface area (Å²) in [7, 11) is -1.93.